The van der Waals surface area contributed by atoms with Gasteiger partial charge in [-0.05, 0) is 57.1 Å². The molecule has 1 N–H and O–H groups in total. The molecule has 0 radical (unpaired) electrons. The van der Waals surface area contributed by atoms with Gasteiger partial charge < -0.3 is 9.29 Å². The minimum Gasteiger partial charge on any atom is -0.481 e. The molecular formula is C20H27F3O6S. The zero-order chi connectivity index (χ0) is 22.9. The van der Waals surface area contributed by atoms with Gasteiger partial charge in [-0.3, -0.25) is 9.59 Å². The number of carboxylic acid groups (broad SMARTS) is 1. The lowest BCUT2D eigenvalue weighted by Crippen LogP contribution is -2.25. The number of carboxylic acids is 1. The summed E-state index contributed by atoms with van der Waals surface area (Å²) in [5.41, 5.74) is -4.07. The average molecular weight is 452 g/mol. The Morgan fingerprint density at radius 1 is 1.27 bits per heavy atom. The Morgan fingerprint density at radius 3 is 2.53 bits per heavy atom. The molecule has 0 fully saturated rings. The van der Waals surface area contributed by atoms with Gasteiger partial charge >= 0.3 is 21.6 Å². The molecule has 0 amide bonds. The highest BCUT2D eigenvalue weighted by atomic mass is 32.2. The molecule has 0 aliphatic heterocycles. The first kappa shape index (κ1) is 25.9. The zero-order valence-corrected chi connectivity index (χ0v) is 17.8. The van der Waals surface area contributed by atoms with Crippen molar-refractivity contribution in [1.29, 1.82) is 0 Å². The van der Waals surface area contributed by atoms with Crippen molar-refractivity contribution in [2.24, 2.45) is 5.92 Å². The maximum absolute atomic E-state index is 12.5. The average Bonchev–Trinajstić information content (AvgIpc) is 2.64. The van der Waals surface area contributed by atoms with E-state index in [1.165, 1.54) is 6.08 Å². The molecule has 0 heterocycles. The van der Waals surface area contributed by atoms with Gasteiger partial charge in [-0.25, -0.2) is 0 Å². The van der Waals surface area contributed by atoms with E-state index in [0.29, 0.717) is 44.1 Å². The van der Waals surface area contributed by atoms with Crippen LogP contribution in [0.3, 0.4) is 0 Å². The summed E-state index contributed by atoms with van der Waals surface area (Å²) in [5, 5.41) is 8.66. The van der Waals surface area contributed by atoms with Crippen molar-refractivity contribution in [1.82, 2.24) is 0 Å². The first-order chi connectivity index (χ1) is 13.8. The number of alkyl halides is 3. The minimum absolute atomic E-state index is 0.0165. The summed E-state index contributed by atoms with van der Waals surface area (Å²) in [6.45, 7) is 3.53. The number of Topliss-reactive ketones (excluding diaryl/α,β-unsaturated/α-hetero) is 1. The Bertz CT molecular complexity index is 822. The van der Waals surface area contributed by atoms with E-state index in [-0.39, 0.29) is 30.3 Å². The fraction of sp³-hybridized carbons (Fsp3) is 0.600. The summed E-state index contributed by atoms with van der Waals surface area (Å²) in [6.07, 6.45) is 7.49. The van der Waals surface area contributed by atoms with E-state index in [1.807, 2.05) is 13.0 Å². The molecule has 0 aromatic heterocycles. The molecule has 0 aromatic rings. The van der Waals surface area contributed by atoms with Gasteiger partial charge in [0.15, 0.2) is 0 Å². The van der Waals surface area contributed by atoms with Crippen LogP contribution in [0.2, 0.25) is 0 Å². The summed E-state index contributed by atoms with van der Waals surface area (Å²) < 4.78 is 64.4. The van der Waals surface area contributed by atoms with Crippen LogP contribution in [0.5, 0.6) is 0 Å². The molecule has 0 spiro atoms. The van der Waals surface area contributed by atoms with Crippen LogP contribution in [0, 0.1) is 5.92 Å². The molecule has 1 unspecified atom stereocenters. The van der Waals surface area contributed by atoms with Gasteiger partial charge in [-0.1, -0.05) is 24.6 Å². The predicted octanol–water partition coefficient (Wildman–Crippen LogP) is 5.03. The van der Waals surface area contributed by atoms with E-state index in [4.69, 9.17) is 5.11 Å². The molecule has 1 aliphatic rings. The molecule has 170 valence electrons. The standard InChI is InChI=1S/C20H27F3O6S/c1-14(10-12-17(24)15(2)11-13-19(25)26)6-5-8-16-7-3-4-9-18(16)29-30(27,28)20(21,22)23/h4,6,9,15H,3,5,7-8,10-13H2,1-2H3,(H,25,26)/b14-6-. The number of allylic oxidation sites excluding steroid dienone is 5. The molecule has 0 aromatic carbocycles. The summed E-state index contributed by atoms with van der Waals surface area (Å²) in [6, 6.07) is 0. The number of halogens is 3. The summed E-state index contributed by atoms with van der Waals surface area (Å²) in [7, 11) is -5.71. The van der Waals surface area contributed by atoms with E-state index in [2.05, 4.69) is 4.18 Å². The number of aliphatic carboxylic acids is 1. The van der Waals surface area contributed by atoms with Gasteiger partial charge in [0.2, 0.25) is 0 Å². The molecule has 0 saturated carbocycles. The third-order valence-corrected chi connectivity index (χ3v) is 5.72. The van der Waals surface area contributed by atoms with Gasteiger partial charge in [0, 0.05) is 18.8 Å². The highest BCUT2D eigenvalue weighted by Crippen LogP contribution is 2.31. The van der Waals surface area contributed by atoms with Gasteiger partial charge in [0.05, 0.1) is 0 Å². The summed E-state index contributed by atoms with van der Waals surface area (Å²) in [5.74, 6) is -1.57. The van der Waals surface area contributed by atoms with E-state index >= 15 is 0 Å². The lowest BCUT2D eigenvalue weighted by atomic mass is 9.95. The second-order valence-electron chi connectivity index (χ2n) is 7.28. The van der Waals surface area contributed by atoms with Gasteiger partial charge in [0.1, 0.15) is 11.5 Å². The molecule has 0 bridgehead atoms. The van der Waals surface area contributed by atoms with Crippen molar-refractivity contribution in [3.8, 4) is 0 Å². The second-order valence-corrected chi connectivity index (χ2v) is 8.82. The van der Waals surface area contributed by atoms with Crippen LogP contribution in [0.4, 0.5) is 13.2 Å². The first-order valence-corrected chi connectivity index (χ1v) is 11.0. The first-order valence-electron chi connectivity index (χ1n) is 9.63. The number of hydrogen-bond donors (Lipinski definition) is 1. The molecule has 1 atom stereocenters. The normalized spacial score (nSPS) is 16.5. The highest BCUT2D eigenvalue weighted by Gasteiger charge is 2.49. The lowest BCUT2D eigenvalue weighted by molar-refractivity contribution is -0.137. The number of ketones is 1. The van der Waals surface area contributed by atoms with Crippen molar-refractivity contribution >= 4 is 21.9 Å². The monoisotopic (exact) mass is 452 g/mol. The molecule has 1 rings (SSSR count). The van der Waals surface area contributed by atoms with Crippen molar-refractivity contribution in [2.45, 2.75) is 70.7 Å². The molecule has 1 aliphatic carbocycles. The van der Waals surface area contributed by atoms with E-state index in [0.717, 1.165) is 5.57 Å². The van der Waals surface area contributed by atoms with Gasteiger partial charge in [-0.2, -0.15) is 21.6 Å². The third kappa shape index (κ3) is 8.73. The fourth-order valence-corrected chi connectivity index (χ4v) is 3.36. The van der Waals surface area contributed by atoms with Crippen LogP contribution < -0.4 is 0 Å². The topological polar surface area (TPSA) is 97.7 Å². The fourth-order valence-electron chi connectivity index (χ4n) is 2.85. The molecule has 0 saturated heterocycles. The number of carbonyl (C=O) groups excluding carboxylic acids is 1. The smallest absolute Gasteiger partial charge is 0.481 e. The number of hydrogen-bond acceptors (Lipinski definition) is 5. The largest absolute Gasteiger partial charge is 0.534 e. The third-order valence-electron chi connectivity index (χ3n) is 4.76. The molecule has 10 heteroatoms. The maximum Gasteiger partial charge on any atom is 0.534 e. The van der Waals surface area contributed by atoms with Crippen molar-refractivity contribution in [3.05, 3.63) is 35.1 Å². The Balaban J connectivity index is 2.61. The van der Waals surface area contributed by atoms with Crippen LogP contribution in [0.15, 0.2) is 35.1 Å². The SMILES string of the molecule is C/C(=C/CCC1=C(OS(=O)(=O)C(F)(F)F)C=CCC1)CCC(=O)C(C)CCC(=O)O. The highest BCUT2D eigenvalue weighted by molar-refractivity contribution is 7.87. The summed E-state index contributed by atoms with van der Waals surface area (Å²) >= 11 is 0. The summed E-state index contributed by atoms with van der Waals surface area (Å²) in [4.78, 5) is 22.6. The van der Waals surface area contributed by atoms with E-state index < -0.39 is 21.6 Å². The van der Waals surface area contributed by atoms with Crippen LogP contribution in [-0.2, 0) is 23.9 Å². The Hall–Kier alpha value is -2.10. The maximum atomic E-state index is 12.5. The Morgan fingerprint density at radius 2 is 1.93 bits per heavy atom. The van der Waals surface area contributed by atoms with Gasteiger partial charge in [-0.15, -0.1) is 0 Å². The Kier molecular flexibility index (Phi) is 9.80. The lowest BCUT2D eigenvalue weighted by Gasteiger charge is -2.17. The molecule has 30 heavy (non-hydrogen) atoms. The minimum atomic E-state index is -5.71. The van der Waals surface area contributed by atoms with E-state index in [9.17, 15) is 31.2 Å². The predicted molar refractivity (Wildman–Crippen MR) is 105 cm³/mol. The van der Waals surface area contributed by atoms with Crippen LogP contribution in [-0.4, -0.2) is 30.8 Å². The van der Waals surface area contributed by atoms with E-state index in [1.54, 1.807) is 13.0 Å². The van der Waals surface area contributed by atoms with Crippen molar-refractivity contribution < 1.29 is 40.5 Å². The van der Waals surface area contributed by atoms with Gasteiger partial charge in [0.25, 0.3) is 0 Å². The molecular weight excluding hydrogens is 425 g/mol. The number of rotatable bonds is 12. The van der Waals surface area contributed by atoms with Crippen LogP contribution in [0.25, 0.3) is 0 Å². The number of carbonyl (C=O) groups is 2. The second kappa shape index (κ2) is 11.3. The quantitative estimate of drug-likeness (QED) is 0.253. The van der Waals surface area contributed by atoms with Crippen molar-refractivity contribution in [2.75, 3.05) is 0 Å². The van der Waals surface area contributed by atoms with Crippen LogP contribution >= 0.6 is 0 Å². The molecule has 6 nitrogen and oxygen atoms in total. The zero-order valence-electron chi connectivity index (χ0n) is 17.0. The van der Waals surface area contributed by atoms with Crippen LogP contribution in [0.1, 0.15) is 65.2 Å². The Labute approximate surface area is 174 Å². The van der Waals surface area contributed by atoms with Crippen molar-refractivity contribution in [3.63, 3.8) is 0 Å².